The first-order valence-electron chi connectivity index (χ1n) is 15.0. The smallest absolute Gasteiger partial charge is 0.101 e. The van der Waals surface area contributed by atoms with Crippen molar-refractivity contribution in [1.29, 1.82) is 0 Å². The van der Waals surface area contributed by atoms with Crippen LogP contribution in [0.3, 0.4) is 0 Å². The first kappa shape index (κ1) is 40.5. The third-order valence-corrected chi connectivity index (χ3v) is 6.23. The average Bonchev–Trinajstić information content (AvgIpc) is 2.91. The van der Waals surface area contributed by atoms with Gasteiger partial charge in [0.05, 0.1) is 11.2 Å². The predicted molar refractivity (Wildman–Crippen MR) is 191 cm³/mol. The van der Waals surface area contributed by atoms with Crippen LogP contribution < -0.4 is 0 Å². The second-order valence-corrected chi connectivity index (χ2v) is 12.2. The van der Waals surface area contributed by atoms with E-state index in [0.717, 1.165) is 33.4 Å². The highest BCUT2D eigenvalue weighted by atomic mass is 16.3. The van der Waals surface area contributed by atoms with E-state index in [4.69, 9.17) is 0 Å². The monoisotopic (exact) mass is 600 g/mol. The van der Waals surface area contributed by atoms with Gasteiger partial charge in [-0.3, -0.25) is 0 Å². The molecule has 4 heteroatoms. The van der Waals surface area contributed by atoms with E-state index in [1.165, 1.54) is 0 Å². The molecule has 0 radical (unpaired) electrons. The summed E-state index contributed by atoms with van der Waals surface area (Å²) in [5.41, 5.74) is 4.15. The highest BCUT2D eigenvalue weighted by Gasteiger charge is 2.21. The van der Waals surface area contributed by atoms with Gasteiger partial charge < -0.3 is 20.4 Å². The van der Waals surface area contributed by atoms with Crippen molar-refractivity contribution in [2.45, 2.75) is 92.6 Å². The van der Waals surface area contributed by atoms with Crippen LogP contribution >= 0.6 is 0 Å². The first-order chi connectivity index (χ1) is 20.4. The van der Waals surface area contributed by atoms with Crippen LogP contribution in [-0.4, -0.2) is 43.8 Å². The van der Waals surface area contributed by atoms with Crippen molar-refractivity contribution in [3.8, 4) is 0 Å². The molecule has 0 aliphatic rings. The zero-order valence-corrected chi connectivity index (χ0v) is 28.5. The Labute approximate surface area is 267 Å². The molecule has 0 saturated heterocycles. The standard InChI is InChI=1S/C40H56O4/c1-31(19-13-21-33(3)23-15-25-35(5)27-29-37(41)39(7,8)43)17-11-12-18-32(2)20-14-22-34(4)24-16-26-36(6)28-30-38(42)40(9,10)44/h11-30,37-38,41-44H,1-10H3/b12-11+,19-13+,20-14?,23-15+,24-16?,29-27+,30-28?,31-17+,32-18?,33-21+,34-22?,35-25+,36-26?. The van der Waals surface area contributed by atoms with Gasteiger partial charge in [-0.1, -0.05) is 155 Å². The maximum atomic E-state index is 9.87. The summed E-state index contributed by atoms with van der Waals surface area (Å²) in [5, 5.41) is 39.3. The molecule has 0 aromatic heterocycles. The lowest BCUT2D eigenvalue weighted by molar-refractivity contribution is -0.0227. The van der Waals surface area contributed by atoms with Gasteiger partial charge in [-0.05, 0) is 69.2 Å². The van der Waals surface area contributed by atoms with Crippen molar-refractivity contribution in [3.05, 3.63) is 155 Å². The second-order valence-electron chi connectivity index (χ2n) is 12.2. The Morgan fingerprint density at radius 3 is 0.818 bits per heavy atom. The largest absolute Gasteiger partial charge is 0.387 e. The highest BCUT2D eigenvalue weighted by Crippen LogP contribution is 2.12. The number of hydrogen-bond donors (Lipinski definition) is 4. The zero-order valence-electron chi connectivity index (χ0n) is 28.5. The van der Waals surface area contributed by atoms with E-state index < -0.39 is 23.4 Å². The maximum absolute atomic E-state index is 9.87. The van der Waals surface area contributed by atoms with Crippen LogP contribution in [0.4, 0.5) is 0 Å². The number of allylic oxidation sites excluding steroid dienone is 24. The van der Waals surface area contributed by atoms with Crippen LogP contribution in [0.15, 0.2) is 155 Å². The van der Waals surface area contributed by atoms with Gasteiger partial charge >= 0.3 is 0 Å². The molecule has 0 spiro atoms. The van der Waals surface area contributed by atoms with Crippen LogP contribution in [0.1, 0.15) is 69.2 Å². The summed E-state index contributed by atoms with van der Waals surface area (Å²) in [6.45, 7) is 18.4. The Morgan fingerprint density at radius 1 is 0.386 bits per heavy atom. The van der Waals surface area contributed by atoms with Gasteiger partial charge in [-0.2, -0.15) is 0 Å². The molecule has 44 heavy (non-hydrogen) atoms. The van der Waals surface area contributed by atoms with Crippen molar-refractivity contribution in [3.63, 3.8) is 0 Å². The summed E-state index contributed by atoms with van der Waals surface area (Å²) in [4.78, 5) is 0. The molecule has 0 aromatic carbocycles. The Morgan fingerprint density at radius 2 is 0.591 bits per heavy atom. The number of hydrogen-bond acceptors (Lipinski definition) is 4. The third-order valence-electron chi connectivity index (χ3n) is 6.23. The summed E-state index contributed by atoms with van der Waals surface area (Å²) in [6, 6.07) is 0. The molecule has 0 aliphatic heterocycles. The lowest BCUT2D eigenvalue weighted by Crippen LogP contribution is -2.34. The van der Waals surface area contributed by atoms with Crippen LogP contribution in [0.2, 0.25) is 0 Å². The molecule has 0 bridgehead atoms. The maximum Gasteiger partial charge on any atom is 0.101 e. The second kappa shape index (κ2) is 21.2. The van der Waals surface area contributed by atoms with E-state index >= 15 is 0 Å². The number of rotatable bonds is 16. The molecule has 0 saturated carbocycles. The van der Waals surface area contributed by atoms with Gasteiger partial charge in [0, 0.05) is 0 Å². The van der Waals surface area contributed by atoms with Crippen molar-refractivity contribution in [2.24, 2.45) is 0 Å². The molecule has 240 valence electrons. The van der Waals surface area contributed by atoms with E-state index in [1.807, 2.05) is 101 Å². The van der Waals surface area contributed by atoms with Gasteiger partial charge in [0.25, 0.3) is 0 Å². The Balaban J connectivity index is 4.87. The summed E-state index contributed by atoms with van der Waals surface area (Å²) in [6.07, 6.45) is 37.3. The third kappa shape index (κ3) is 22.1. The zero-order chi connectivity index (χ0) is 33.8. The van der Waals surface area contributed by atoms with Crippen LogP contribution in [-0.2, 0) is 0 Å². The molecule has 4 nitrogen and oxygen atoms in total. The Kier molecular flexibility index (Phi) is 19.5. The highest BCUT2D eigenvalue weighted by molar-refractivity contribution is 5.33. The van der Waals surface area contributed by atoms with Crippen molar-refractivity contribution in [1.82, 2.24) is 0 Å². The van der Waals surface area contributed by atoms with Gasteiger partial charge in [0.15, 0.2) is 0 Å². The van der Waals surface area contributed by atoms with Crippen LogP contribution in [0, 0.1) is 0 Å². The fourth-order valence-corrected chi connectivity index (χ4v) is 3.11. The minimum atomic E-state index is -1.16. The summed E-state index contributed by atoms with van der Waals surface area (Å²) in [7, 11) is 0. The van der Waals surface area contributed by atoms with Crippen molar-refractivity contribution in [2.75, 3.05) is 0 Å². The normalized spacial score (nSPS) is 17.8. The van der Waals surface area contributed by atoms with Crippen LogP contribution in [0.25, 0.3) is 0 Å². The van der Waals surface area contributed by atoms with E-state index in [2.05, 4.69) is 38.2 Å². The molecule has 0 rings (SSSR count). The lowest BCUT2D eigenvalue weighted by Gasteiger charge is -2.21. The molecule has 0 heterocycles. The molecule has 0 fully saturated rings. The molecule has 0 amide bonds. The molecule has 2 unspecified atom stereocenters. The minimum absolute atomic E-state index is 0.909. The van der Waals surface area contributed by atoms with Crippen molar-refractivity contribution >= 4 is 0 Å². The predicted octanol–water partition coefficient (Wildman–Crippen LogP) is 8.82. The molecule has 0 aliphatic carbocycles. The van der Waals surface area contributed by atoms with Gasteiger partial charge in [-0.25, -0.2) is 0 Å². The summed E-state index contributed by atoms with van der Waals surface area (Å²) >= 11 is 0. The van der Waals surface area contributed by atoms with Crippen LogP contribution in [0.5, 0.6) is 0 Å². The molecular formula is C40H56O4. The van der Waals surface area contributed by atoms with Gasteiger partial charge in [-0.15, -0.1) is 0 Å². The number of aliphatic hydroxyl groups is 4. The molecular weight excluding hydrogens is 544 g/mol. The molecule has 4 N–H and O–H groups in total. The van der Waals surface area contributed by atoms with Crippen molar-refractivity contribution < 1.29 is 20.4 Å². The van der Waals surface area contributed by atoms with Gasteiger partial charge in [0.2, 0.25) is 0 Å². The quantitative estimate of drug-likeness (QED) is 0.133. The lowest BCUT2D eigenvalue weighted by atomic mass is 10.0. The minimum Gasteiger partial charge on any atom is -0.387 e. The summed E-state index contributed by atoms with van der Waals surface area (Å²) < 4.78 is 0. The van der Waals surface area contributed by atoms with E-state index in [-0.39, 0.29) is 0 Å². The average molecular weight is 601 g/mol. The molecule has 2 atom stereocenters. The fourth-order valence-electron chi connectivity index (χ4n) is 3.11. The first-order valence-corrected chi connectivity index (χ1v) is 15.0. The van der Waals surface area contributed by atoms with Gasteiger partial charge in [0.1, 0.15) is 12.2 Å². The fraction of sp³-hybridized carbons (Fsp3) is 0.350. The number of aliphatic hydroxyl groups excluding tert-OH is 2. The Bertz CT molecular complexity index is 1180. The topological polar surface area (TPSA) is 80.9 Å². The van der Waals surface area contributed by atoms with E-state index in [9.17, 15) is 20.4 Å². The Hall–Kier alpha value is -3.54. The van der Waals surface area contributed by atoms with E-state index in [0.29, 0.717) is 0 Å². The SMILES string of the molecule is CC(C=CC=C(C)C=CC(O)C(C)(C)O)=CC=CC(C)=C/C=C/C=C(C)/C=C/C=C(C)/C=C/C=C(C)/C=C/C(O)C(C)(C)O. The summed E-state index contributed by atoms with van der Waals surface area (Å²) in [5.74, 6) is 0. The van der Waals surface area contributed by atoms with E-state index in [1.54, 1.807) is 52.0 Å². The molecule has 0 aromatic rings.